The summed E-state index contributed by atoms with van der Waals surface area (Å²) in [5.41, 5.74) is 1.41. The second kappa shape index (κ2) is 8.63. The predicted molar refractivity (Wildman–Crippen MR) is 122 cm³/mol. The lowest BCUT2D eigenvalue weighted by Crippen LogP contribution is -2.42. The van der Waals surface area contributed by atoms with Crippen molar-refractivity contribution in [1.82, 2.24) is 0 Å². The van der Waals surface area contributed by atoms with Gasteiger partial charge in [0.15, 0.2) is 17.3 Å². The molecule has 0 fully saturated rings. The Balaban J connectivity index is 1.60. The zero-order valence-corrected chi connectivity index (χ0v) is 19.3. The van der Waals surface area contributed by atoms with E-state index in [0.717, 1.165) is 0 Å². The molecular weight excluding hydrogens is 424 g/mol. The van der Waals surface area contributed by atoms with Gasteiger partial charge in [-0.15, -0.1) is 0 Å². The van der Waals surface area contributed by atoms with Gasteiger partial charge in [-0.05, 0) is 51.3 Å². The monoisotopic (exact) mass is 454 g/mol. The average Bonchev–Trinajstić information content (AvgIpc) is 3.19. The third kappa shape index (κ3) is 4.37. The Labute approximate surface area is 193 Å². The van der Waals surface area contributed by atoms with Crippen molar-refractivity contribution in [2.45, 2.75) is 64.3 Å². The molecule has 3 atom stereocenters. The van der Waals surface area contributed by atoms with Crippen molar-refractivity contribution in [1.29, 1.82) is 0 Å². The minimum absolute atomic E-state index is 0.00432. The number of carbonyl (C=O) groups excluding carboxylic acids is 1. The molecular formula is C26H30O7. The number of phenolic OH excluding ortho intramolecular Hbond substituents is 2. The van der Waals surface area contributed by atoms with Crippen molar-refractivity contribution >= 4 is 5.78 Å². The number of allylic oxidation sites excluding steroid dienone is 2. The van der Waals surface area contributed by atoms with Crippen LogP contribution in [0, 0.1) is 0 Å². The molecule has 4 rings (SSSR count). The van der Waals surface area contributed by atoms with E-state index in [1.165, 1.54) is 18.7 Å². The van der Waals surface area contributed by atoms with Crippen LogP contribution in [0.15, 0.2) is 35.9 Å². The second-order valence-corrected chi connectivity index (χ2v) is 9.23. The zero-order valence-electron chi connectivity index (χ0n) is 19.3. The first kappa shape index (κ1) is 23.0. The topological polar surface area (TPSA) is 105 Å². The highest BCUT2D eigenvalue weighted by atomic mass is 16.5. The number of hydrogen-bond donors (Lipinski definition) is 3. The number of carbonyl (C=O) groups is 1. The molecule has 2 aliphatic heterocycles. The van der Waals surface area contributed by atoms with Gasteiger partial charge >= 0.3 is 0 Å². The molecule has 0 aliphatic carbocycles. The summed E-state index contributed by atoms with van der Waals surface area (Å²) < 4.78 is 17.3. The van der Waals surface area contributed by atoms with Crippen molar-refractivity contribution in [2.75, 3.05) is 7.11 Å². The summed E-state index contributed by atoms with van der Waals surface area (Å²) in [6.07, 6.45) is 2.50. The SMILES string of the molecule is COc1cc(C2CC(=O)c3c(cc4c(c3O)CC(C(C)(O)CCC=C(C)C)O4)O2)ccc1O. The van der Waals surface area contributed by atoms with Crippen LogP contribution in [0.5, 0.6) is 28.7 Å². The number of ether oxygens (including phenoxy) is 3. The minimum atomic E-state index is -1.10. The fourth-order valence-electron chi connectivity index (χ4n) is 4.41. The van der Waals surface area contributed by atoms with E-state index in [4.69, 9.17) is 14.2 Å². The number of phenols is 2. The summed E-state index contributed by atoms with van der Waals surface area (Å²) in [6, 6.07) is 6.41. The molecule has 176 valence electrons. The van der Waals surface area contributed by atoms with Crippen molar-refractivity contribution in [3.63, 3.8) is 0 Å². The molecule has 0 saturated carbocycles. The molecule has 0 spiro atoms. The lowest BCUT2D eigenvalue weighted by molar-refractivity contribution is -0.0434. The van der Waals surface area contributed by atoms with Crippen LogP contribution in [0.4, 0.5) is 0 Å². The molecule has 2 heterocycles. The van der Waals surface area contributed by atoms with E-state index in [0.29, 0.717) is 36.1 Å². The largest absolute Gasteiger partial charge is 0.507 e. The fraction of sp³-hybridized carbons (Fsp3) is 0.423. The first-order valence-electron chi connectivity index (χ1n) is 11.1. The number of methoxy groups -OCH3 is 1. The van der Waals surface area contributed by atoms with Gasteiger partial charge in [-0.25, -0.2) is 0 Å². The third-order valence-corrected chi connectivity index (χ3v) is 6.38. The smallest absolute Gasteiger partial charge is 0.174 e. The van der Waals surface area contributed by atoms with Crippen molar-refractivity contribution in [2.24, 2.45) is 0 Å². The Kier molecular flexibility index (Phi) is 6.01. The molecule has 0 amide bonds. The number of Topliss-reactive ketones (excluding diaryl/α,β-unsaturated/α-hetero) is 1. The van der Waals surface area contributed by atoms with Crippen molar-refractivity contribution < 1.29 is 34.3 Å². The average molecular weight is 455 g/mol. The van der Waals surface area contributed by atoms with Crippen LogP contribution in [0.25, 0.3) is 0 Å². The van der Waals surface area contributed by atoms with Gasteiger partial charge in [0, 0.05) is 18.1 Å². The molecule has 0 bridgehead atoms. The van der Waals surface area contributed by atoms with Gasteiger partial charge in [0.05, 0.1) is 19.1 Å². The maximum Gasteiger partial charge on any atom is 0.174 e. The Morgan fingerprint density at radius 2 is 1.94 bits per heavy atom. The molecule has 0 aromatic heterocycles. The summed E-state index contributed by atoms with van der Waals surface area (Å²) in [5.74, 6) is 0.548. The zero-order chi connectivity index (χ0) is 23.9. The third-order valence-electron chi connectivity index (χ3n) is 6.38. The van der Waals surface area contributed by atoms with Gasteiger partial charge in [0.1, 0.15) is 35.0 Å². The highest BCUT2D eigenvalue weighted by molar-refractivity contribution is 6.03. The van der Waals surface area contributed by atoms with E-state index in [1.54, 1.807) is 25.1 Å². The van der Waals surface area contributed by atoms with Gasteiger partial charge in [-0.2, -0.15) is 0 Å². The molecule has 2 aromatic rings. The number of hydrogen-bond acceptors (Lipinski definition) is 7. The lowest BCUT2D eigenvalue weighted by Gasteiger charge is -2.29. The quantitative estimate of drug-likeness (QED) is 0.547. The Morgan fingerprint density at radius 1 is 1.18 bits per heavy atom. The van der Waals surface area contributed by atoms with E-state index in [1.807, 2.05) is 13.8 Å². The number of rotatable bonds is 6. The van der Waals surface area contributed by atoms with Gasteiger partial charge in [-0.1, -0.05) is 17.7 Å². The summed E-state index contributed by atoms with van der Waals surface area (Å²) in [5, 5.41) is 31.8. The summed E-state index contributed by atoms with van der Waals surface area (Å²) in [4.78, 5) is 13.0. The van der Waals surface area contributed by atoms with E-state index in [-0.39, 0.29) is 40.8 Å². The molecule has 7 nitrogen and oxygen atoms in total. The highest BCUT2D eigenvalue weighted by Gasteiger charge is 2.42. The fourth-order valence-corrected chi connectivity index (χ4v) is 4.41. The number of fused-ring (bicyclic) bond motifs is 2. The van der Waals surface area contributed by atoms with Crippen molar-refractivity contribution in [3.8, 4) is 28.7 Å². The Bertz CT molecular complexity index is 1110. The molecule has 7 heteroatoms. The first-order valence-corrected chi connectivity index (χ1v) is 11.1. The van der Waals surface area contributed by atoms with Crippen LogP contribution in [0.2, 0.25) is 0 Å². The van der Waals surface area contributed by atoms with E-state index in [2.05, 4.69) is 6.08 Å². The summed E-state index contributed by atoms with van der Waals surface area (Å²) in [7, 11) is 1.45. The summed E-state index contributed by atoms with van der Waals surface area (Å²) >= 11 is 0. The Morgan fingerprint density at radius 3 is 2.64 bits per heavy atom. The van der Waals surface area contributed by atoms with Crippen LogP contribution in [-0.4, -0.2) is 39.9 Å². The molecule has 2 aromatic carbocycles. The molecule has 3 N–H and O–H groups in total. The van der Waals surface area contributed by atoms with Crippen LogP contribution in [0.1, 0.15) is 67.6 Å². The lowest BCUT2D eigenvalue weighted by atomic mass is 9.88. The number of benzene rings is 2. The van der Waals surface area contributed by atoms with Crippen LogP contribution < -0.4 is 14.2 Å². The maximum atomic E-state index is 13.0. The Hall–Kier alpha value is -3.19. The van der Waals surface area contributed by atoms with Crippen LogP contribution in [0.3, 0.4) is 0 Å². The molecule has 2 aliphatic rings. The molecule has 33 heavy (non-hydrogen) atoms. The number of ketones is 1. The van der Waals surface area contributed by atoms with E-state index in [9.17, 15) is 20.1 Å². The van der Waals surface area contributed by atoms with Crippen LogP contribution in [-0.2, 0) is 6.42 Å². The van der Waals surface area contributed by atoms with Crippen LogP contribution >= 0.6 is 0 Å². The minimum Gasteiger partial charge on any atom is -0.507 e. The van der Waals surface area contributed by atoms with Gasteiger partial charge in [-0.3, -0.25) is 4.79 Å². The maximum absolute atomic E-state index is 13.0. The van der Waals surface area contributed by atoms with Gasteiger partial charge in [0.2, 0.25) is 0 Å². The highest BCUT2D eigenvalue weighted by Crippen LogP contribution is 2.49. The van der Waals surface area contributed by atoms with E-state index < -0.39 is 17.8 Å². The van der Waals surface area contributed by atoms with Gasteiger partial charge in [0.25, 0.3) is 0 Å². The molecule has 3 unspecified atom stereocenters. The summed E-state index contributed by atoms with van der Waals surface area (Å²) in [6.45, 7) is 5.75. The first-order chi connectivity index (χ1) is 15.6. The van der Waals surface area contributed by atoms with Gasteiger partial charge < -0.3 is 29.5 Å². The van der Waals surface area contributed by atoms with Crippen molar-refractivity contribution in [3.05, 3.63) is 52.6 Å². The molecule has 0 saturated heterocycles. The number of aromatic hydroxyl groups is 2. The molecule has 0 radical (unpaired) electrons. The van der Waals surface area contributed by atoms with E-state index >= 15 is 0 Å². The predicted octanol–water partition coefficient (Wildman–Crippen LogP) is 4.61. The number of aliphatic hydroxyl groups is 1. The standard InChI is InChI=1S/C26H30O7/c1-14(2)6-5-9-26(3,30)23-11-16-20(33-23)13-22-24(25(16)29)18(28)12-19(32-22)15-7-8-17(27)21(10-15)31-4/h6-8,10,13,19,23,27,29-30H,5,9,11-12H2,1-4H3. The second-order valence-electron chi connectivity index (χ2n) is 9.23. The normalized spacial score (nSPS) is 20.7.